The number of nitro groups is 1. The highest BCUT2D eigenvalue weighted by Gasteiger charge is 2.25. The van der Waals surface area contributed by atoms with Crippen LogP contribution in [-0.4, -0.2) is 37.1 Å². The van der Waals surface area contributed by atoms with E-state index in [2.05, 4.69) is 10.6 Å². The summed E-state index contributed by atoms with van der Waals surface area (Å²) in [6.07, 6.45) is 1.10. The molecule has 0 saturated carbocycles. The predicted molar refractivity (Wildman–Crippen MR) is 78.5 cm³/mol. The van der Waals surface area contributed by atoms with Crippen molar-refractivity contribution in [1.82, 2.24) is 5.32 Å². The Morgan fingerprint density at radius 1 is 1.52 bits per heavy atom. The second-order valence-electron chi connectivity index (χ2n) is 5.07. The van der Waals surface area contributed by atoms with Crippen LogP contribution in [0.4, 0.5) is 11.4 Å². The molecule has 1 aliphatic heterocycles. The monoisotopic (exact) mass is 293 g/mol. The van der Waals surface area contributed by atoms with Crippen LogP contribution in [0.3, 0.4) is 0 Å². The molecule has 2 rings (SSSR count). The molecule has 0 radical (unpaired) electrons. The molecule has 1 fully saturated rings. The summed E-state index contributed by atoms with van der Waals surface area (Å²) in [6, 6.07) is 4.43. The number of nitrogens with zero attached hydrogens (tertiary/aromatic N) is 1. The van der Waals surface area contributed by atoms with E-state index < -0.39 is 4.92 Å². The lowest BCUT2D eigenvalue weighted by atomic mass is 10.0. The summed E-state index contributed by atoms with van der Waals surface area (Å²) in [7, 11) is 1.49. The van der Waals surface area contributed by atoms with Crippen LogP contribution in [0.15, 0.2) is 18.2 Å². The highest BCUT2D eigenvalue weighted by atomic mass is 16.6. The molecule has 1 heterocycles. The topological polar surface area (TPSA) is 93.5 Å². The highest BCUT2D eigenvalue weighted by molar-refractivity contribution is 5.95. The predicted octanol–water partition coefficient (Wildman–Crippen LogP) is 1.79. The number of hydrogen-bond donors (Lipinski definition) is 2. The van der Waals surface area contributed by atoms with Gasteiger partial charge < -0.3 is 15.4 Å². The standard InChI is InChI=1S/C14H19N3O4/c1-9-11(5-6-21-9)8-16-12-4-3-10(14(18)15-2)7-13(12)17(19)20/h3-4,7,9,11,16H,5-6,8H2,1-2H3,(H,15,18). The number of rotatable bonds is 5. The molecule has 0 aliphatic carbocycles. The third-order valence-corrected chi connectivity index (χ3v) is 3.77. The molecule has 1 saturated heterocycles. The summed E-state index contributed by atoms with van der Waals surface area (Å²) in [5.41, 5.74) is 0.599. The molecular weight excluding hydrogens is 274 g/mol. The van der Waals surface area contributed by atoms with Crippen molar-refractivity contribution >= 4 is 17.3 Å². The normalized spacial score (nSPS) is 21.0. The molecule has 2 N–H and O–H groups in total. The zero-order chi connectivity index (χ0) is 15.4. The summed E-state index contributed by atoms with van der Waals surface area (Å²) in [4.78, 5) is 22.2. The molecule has 2 atom stereocenters. The SMILES string of the molecule is CNC(=O)c1ccc(NCC2CCOC2C)c([N+](=O)[O-])c1. The zero-order valence-corrected chi connectivity index (χ0v) is 12.1. The van der Waals surface area contributed by atoms with Gasteiger partial charge in [0.05, 0.1) is 11.0 Å². The maximum absolute atomic E-state index is 11.5. The van der Waals surface area contributed by atoms with Crippen molar-refractivity contribution < 1.29 is 14.5 Å². The Hall–Kier alpha value is -2.15. The van der Waals surface area contributed by atoms with E-state index in [0.717, 1.165) is 13.0 Å². The molecule has 1 aromatic rings. The third-order valence-electron chi connectivity index (χ3n) is 3.77. The van der Waals surface area contributed by atoms with Crippen LogP contribution in [0.2, 0.25) is 0 Å². The second-order valence-corrected chi connectivity index (χ2v) is 5.07. The Labute approximate surface area is 122 Å². The lowest BCUT2D eigenvalue weighted by Crippen LogP contribution is -2.21. The highest BCUT2D eigenvalue weighted by Crippen LogP contribution is 2.27. The van der Waals surface area contributed by atoms with Crippen LogP contribution in [-0.2, 0) is 4.74 Å². The van der Waals surface area contributed by atoms with E-state index in [1.165, 1.54) is 13.1 Å². The maximum Gasteiger partial charge on any atom is 0.293 e. The quantitative estimate of drug-likeness (QED) is 0.637. The number of nitrogens with one attached hydrogen (secondary N) is 2. The molecular formula is C14H19N3O4. The van der Waals surface area contributed by atoms with Crippen molar-refractivity contribution in [2.45, 2.75) is 19.4 Å². The van der Waals surface area contributed by atoms with Gasteiger partial charge in [0.15, 0.2) is 0 Å². The van der Waals surface area contributed by atoms with Crippen LogP contribution in [0.25, 0.3) is 0 Å². The minimum Gasteiger partial charge on any atom is -0.379 e. The van der Waals surface area contributed by atoms with Gasteiger partial charge in [0.1, 0.15) is 5.69 Å². The molecule has 1 aromatic carbocycles. The lowest BCUT2D eigenvalue weighted by molar-refractivity contribution is -0.384. The van der Waals surface area contributed by atoms with Gasteiger partial charge in [-0.3, -0.25) is 14.9 Å². The number of nitro benzene ring substituents is 1. The van der Waals surface area contributed by atoms with Gasteiger partial charge in [-0.15, -0.1) is 0 Å². The van der Waals surface area contributed by atoms with E-state index in [0.29, 0.717) is 18.2 Å². The van der Waals surface area contributed by atoms with Crippen molar-refractivity contribution in [3.8, 4) is 0 Å². The number of anilines is 1. The Bertz CT molecular complexity index is 547. The smallest absolute Gasteiger partial charge is 0.293 e. The van der Waals surface area contributed by atoms with Gasteiger partial charge in [0.25, 0.3) is 11.6 Å². The van der Waals surface area contributed by atoms with Crippen molar-refractivity contribution in [2.24, 2.45) is 5.92 Å². The van der Waals surface area contributed by atoms with E-state index in [1.54, 1.807) is 12.1 Å². The first kappa shape index (κ1) is 15.2. The van der Waals surface area contributed by atoms with Gasteiger partial charge in [-0.05, 0) is 25.5 Å². The van der Waals surface area contributed by atoms with E-state index in [9.17, 15) is 14.9 Å². The summed E-state index contributed by atoms with van der Waals surface area (Å²) in [5, 5.41) is 16.7. The summed E-state index contributed by atoms with van der Waals surface area (Å²) in [5.74, 6) is -0.00862. The van der Waals surface area contributed by atoms with Crippen LogP contribution in [0, 0.1) is 16.0 Å². The third kappa shape index (κ3) is 3.49. The van der Waals surface area contributed by atoms with Crippen LogP contribution >= 0.6 is 0 Å². The largest absolute Gasteiger partial charge is 0.379 e. The van der Waals surface area contributed by atoms with Crippen LogP contribution in [0.5, 0.6) is 0 Å². The van der Waals surface area contributed by atoms with E-state index in [1.807, 2.05) is 6.92 Å². The van der Waals surface area contributed by atoms with Gasteiger partial charge in [-0.2, -0.15) is 0 Å². The summed E-state index contributed by atoms with van der Waals surface area (Å²) >= 11 is 0. The van der Waals surface area contributed by atoms with E-state index in [4.69, 9.17) is 4.74 Å². The fraction of sp³-hybridized carbons (Fsp3) is 0.500. The van der Waals surface area contributed by atoms with Crippen molar-refractivity contribution in [2.75, 3.05) is 25.5 Å². The number of hydrogen-bond acceptors (Lipinski definition) is 5. The molecule has 7 nitrogen and oxygen atoms in total. The van der Waals surface area contributed by atoms with Crippen LogP contribution < -0.4 is 10.6 Å². The molecule has 7 heteroatoms. The molecule has 0 aromatic heterocycles. The fourth-order valence-electron chi connectivity index (χ4n) is 2.40. The maximum atomic E-state index is 11.5. The molecule has 0 spiro atoms. The number of ether oxygens (including phenoxy) is 1. The Kier molecular flexibility index (Phi) is 4.74. The van der Waals surface area contributed by atoms with Gasteiger partial charge in [0, 0.05) is 37.7 Å². The fourth-order valence-corrected chi connectivity index (χ4v) is 2.40. The minimum atomic E-state index is -0.483. The average molecular weight is 293 g/mol. The first-order chi connectivity index (χ1) is 10.0. The molecule has 114 valence electrons. The molecule has 21 heavy (non-hydrogen) atoms. The first-order valence-electron chi connectivity index (χ1n) is 6.89. The first-order valence-corrected chi connectivity index (χ1v) is 6.89. The van der Waals surface area contributed by atoms with E-state index in [-0.39, 0.29) is 23.3 Å². The van der Waals surface area contributed by atoms with Gasteiger partial charge in [-0.1, -0.05) is 0 Å². The van der Waals surface area contributed by atoms with Crippen molar-refractivity contribution in [3.05, 3.63) is 33.9 Å². The Morgan fingerprint density at radius 2 is 2.29 bits per heavy atom. The number of benzene rings is 1. The summed E-state index contributed by atoms with van der Waals surface area (Å²) in [6.45, 7) is 3.34. The Balaban J connectivity index is 2.14. The van der Waals surface area contributed by atoms with Gasteiger partial charge in [-0.25, -0.2) is 0 Å². The van der Waals surface area contributed by atoms with Gasteiger partial charge in [0.2, 0.25) is 0 Å². The summed E-state index contributed by atoms with van der Waals surface area (Å²) < 4.78 is 5.47. The Morgan fingerprint density at radius 3 is 2.86 bits per heavy atom. The number of carbonyl (C=O) groups is 1. The van der Waals surface area contributed by atoms with Crippen molar-refractivity contribution in [3.63, 3.8) is 0 Å². The molecule has 0 bridgehead atoms. The zero-order valence-electron chi connectivity index (χ0n) is 12.1. The van der Waals surface area contributed by atoms with Crippen molar-refractivity contribution in [1.29, 1.82) is 0 Å². The van der Waals surface area contributed by atoms with Crippen LogP contribution in [0.1, 0.15) is 23.7 Å². The molecule has 1 amide bonds. The lowest BCUT2D eigenvalue weighted by Gasteiger charge is -2.15. The van der Waals surface area contributed by atoms with E-state index >= 15 is 0 Å². The van der Waals surface area contributed by atoms with Gasteiger partial charge >= 0.3 is 0 Å². The second kappa shape index (κ2) is 6.53. The minimum absolute atomic E-state index is 0.0948. The number of carbonyl (C=O) groups excluding carboxylic acids is 1. The number of amides is 1. The average Bonchev–Trinajstić information content (AvgIpc) is 2.89. The molecule has 2 unspecified atom stereocenters. The molecule has 1 aliphatic rings.